The summed E-state index contributed by atoms with van der Waals surface area (Å²) in [7, 11) is 3.30. The van der Waals surface area contributed by atoms with Crippen molar-refractivity contribution in [1.29, 1.82) is 0 Å². The number of methoxy groups -OCH3 is 1. The maximum absolute atomic E-state index is 10.5. The quantitative estimate of drug-likeness (QED) is 0.476. The lowest BCUT2D eigenvalue weighted by molar-refractivity contribution is 0.414. The predicted octanol–water partition coefficient (Wildman–Crippen LogP) is 1.21. The first-order valence-electron chi connectivity index (χ1n) is 4.72. The highest BCUT2D eigenvalue weighted by Gasteiger charge is 2.15. The Morgan fingerprint density at radius 2 is 2.06 bits per heavy atom. The Balaban J connectivity index is 2.33. The minimum absolute atomic E-state index is 0.234. The van der Waals surface area contributed by atoms with Crippen molar-refractivity contribution in [1.82, 2.24) is 9.84 Å². The monoisotopic (exact) mass is 236 g/mol. The molecule has 1 aliphatic heterocycles. The normalized spacial score (nSPS) is 19.9. The van der Waals surface area contributed by atoms with Crippen LogP contribution < -0.4 is 10.2 Å². The van der Waals surface area contributed by atoms with Gasteiger partial charge in [0.25, 0.3) is 0 Å². The van der Waals surface area contributed by atoms with Crippen LogP contribution in [0.25, 0.3) is 0 Å². The van der Waals surface area contributed by atoms with Crippen LogP contribution >= 0.6 is 10.7 Å². The van der Waals surface area contributed by atoms with Crippen molar-refractivity contribution in [3.05, 3.63) is 30.0 Å². The van der Waals surface area contributed by atoms with E-state index >= 15 is 0 Å². The summed E-state index contributed by atoms with van der Waals surface area (Å²) in [4.78, 5) is 11.7. The number of hydrazine groups is 1. The van der Waals surface area contributed by atoms with Crippen LogP contribution in [-0.4, -0.2) is 29.9 Å². The third-order valence-corrected chi connectivity index (χ3v) is 4.11. The number of hydrogen-bond acceptors (Lipinski definition) is 4. The molecule has 0 saturated carbocycles. The lowest BCUT2D eigenvalue weighted by Crippen LogP contribution is -2.23. The first-order chi connectivity index (χ1) is 7.74. The third-order valence-electron chi connectivity index (χ3n) is 2.21. The van der Waals surface area contributed by atoms with Crippen LogP contribution in [-0.2, 0) is 4.79 Å². The fraction of sp³-hybridized carbons (Fsp3) is 0.182. The van der Waals surface area contributed by atoms with E-state index in [-0.39, 0.29) is 10.7 Å². The van der Waals surface area contributed by atoms with E-state index in [1.807, 2.05) is 47.0 Å². The maximum Gasteiger partial charge on any atom is 0.152 e. The standard InChI is InChI=1S/C11H12N2O2S/c1-13-12-9(7-14)8-16(13)11-5-3-10(15-2)4-6-11/h3-6,8,12H,1-2H3. The largest absolute Gasteiger partial charge is 0.497 e. The van der Waals surface area contributed by atoms with E-state index in [9.17, 15) is 4.79 Å². The van der Waals surface area contributed by atoms with Gasteiger partial charge in [-0.15, -0.1) is 0 Å². The van der Waals surface area contributed by atoms with E-state index in [0.717, 1.165) is 10.6 Å². The molecule has 0 aromatic heterocycles. The first-order valence-corrected chi connectivity index (χ1v) is 5.96. The zero-order valence-corrected chi connectivity index (χ0v) is 9.88. The van der Waals surface area contributed by atoms with Gasteiger partial charge >= 0.3 is 0 Å². The van der Waals surface area contributed by atoms with Crippen molar-refractivity contribution in [2.75, 3.05) is 14.2 Å². The molecule has 0 aliphatic carbocycles. The van der Waals surface area contributed by atoms with Gasteiger partial charge in [-0.3, -0.25) is 5.43 Å². The molecule has 1 aromatic rings. The third kappa shape index (κ3) is 2.02. The molecule has 0 radical (unpaired) electrons. The molecular weight excluding hydrogens is 224 g/mol. The van der Waals surface area contributed by atoms with E-state index in [1.54, 1.807) is 7.11 Å². The van der Waals surface area contributed by atoms with Gasteiger partial charge in [-0.25, -0.2) is 4.79 Å². The SMILES string of the molecule is COc1ccc(S2=CC(=C=O)NN2C)cc1. The van der Waals surface area contributed by atoms with Gasteiger partial charge in [-0.2, -0.15) is 4.41 Å². The van der Waals surface area contributed by atoms with Gasteiger partial charge in [0.15, 0.2) is 5.94 Å². The lowest BCUT2D eigenvalue weighted by Gasteiger charge is -2.15. The second-order valence-corrected chi connectivity index (χ2v) is 5.12. The van der Waals surface area contributed by atoms with Crippen LogP contribution in [0.15, 0.2) is 34.9 Å². The fourth-order valence-electron chi connectivity index (χ4n) is 1.42. The van der Waals surface area contributed by atoms with Crippen molar-refractivity contribution in [2.24, 2.45) is 0 Å². The number of rotatable bonds is 2. The number of nitrogens with one attached hydrogen (secondary N) is 1. The Kier molecular flexibility index (Phi) is 3.10. The summed E-state index contributed by atoms with van der Waals surface area (Å²) in [6.07, 6.45) is 0. The summed E-state index contributed by atoms with van der Waals surface area (Å²) in [5.74, 6) is 2.68. The fourth-order valence-corrected chi connectivity index (χ4v) is 2.97. The van der Waals surface area contributed by atoms with E-state index in [2.05, 4.69) is 5.43 Å². The maximum atomic E-state index is 10.5. The molecule has 0 amide bonds. The molecule has 4 nitrogen and oxygen atoms in total. The molecule has 1 N–H and O–H groups in total. The van der Waals surface area contributed by atoms with E-state index < -0.39 is 0 Å². The smallest absolute Gasteiger partial charge is 0.152 e. The molecule has 16 heavy (non-hydrogen) atoms. The highest BCUT2D eigenvalue weighted by Crippen LogP contribution is 2.32. The Labute approximate surface area is 96.5 Å². The van der Waals surface area contributed by atoms with Crippen LogP contribution in [0.1, 0.15) is 0 Å². The van der Waals surface area contributed by atoms with Gasteiger partial charge < -0.3 is 4.74 Å². The molecule has 2 rings (SSSR count). The summed E-state index contributed by atoms with van der Waals surface area (Å²) in [6, 6.07) is 7.80. The summed E-state index contributed by atoms with van der Waals surface area (Å²) in [5, 5.41) is 1.87. The van der Waals surface area contributed by atoms with Gasteiger partial charge in [0.05, 0.1) is 7.11 Å². The molecule has 0 bridgehead atoms. The Bertz CT molecular complexity index is 475. The predicted molar refractivity (Wildman–Crippen MR) is 65.0 cm³/mol. The average molecular weight is 236 g/mol. The lowest BCUT2D eigenvalue weighted by atomic mass is 10.3. The highest BCUT2D eigenvalue weighted by atomic mass is 32.2. The van der Waals surface area contributed by atoms with Crippen LogP contribution in [0.5, 0.6) is 5.75 Å². The number of nitrogens with zero attached hydrogens (tertiary/aromatic N) is 1. The first kappa shape index (κ1) is 11.0. The molecular formula is C11H12N2O2S. The van der Waals surface area contributed by atoms with Gasteiger partial charge in [0.1, 0.15) is 11.4 Å². The Morgan fingerprint density at radius 1 is 1.38 bits per heavy atom. The van der Waals surface area contributed by atoms with E-state index in [4.69, 9.17) is 4.74 Å². The number of hydrogen-bond donors (Lipinski definition) is 1. The summed E-state index contributed by atoms with van der Waals surface area (Å²) >= 11 is 0. The molecule has 0 spiro atoms. The van der Waals surface area contributed by atoms with Gasteiger partial charge in [0, 0.05) is 17.3 Å². The molecule has 1 heterocycles. The van der Waals surface area contributed by atoms with E-state index in [1.165, 1.54) is 0 Å². The van der Waals surface area contributed by atoms with Crippen molar-refractivity contribution in [3.63, 3.8) is 0 Å². The molecule has 1 unspecified atom stereocenters. The van der Waals surface area contributed by atoms with Crippen LogP contribution in [0.4, 0.5) is 0 Å². The van der Waals surface area contributed by atoms with Gasteiger partial charge in [-0.1, -0.05) is 10.7 Å². The number of benzene rings is 1. The minimum atomic E-state index is -0.234. The minimum Gasteiger partial charge on any atom is -0.497 e. The zero-order chi connectivity index (χ0) is 11.5. The van der Waals surface area contributed by atoms with Crippen LogP contribution in [0.3, 0.4) is 0 Å². The van der Waals surface area contributed by atoms with E-state index in [0.29, 0.717) is 5.70 Å². The summed E-state index contributed by atoms with van der Waals surface area (Å²) < 4.78 is 6.99. The molecule has 0 saturated heterocycles. The van der Waals surface area contributed by atoms with Crippen LogP contribution in [0, 0.1) is 0 Å². The number of ether oxygens (including phenoxy) is 1. The number of allylic oxidation sites excluding steroid dienone is 1. The molecule has 5 heteroatoms. The molecule has 1 atom stereocenters. The molecule has 1 aromatic carbocycles. The Morgan fingerprint density at radius 3 is 2.56 bits per heavy atom. The molecule has 84 valence electrons. The van der Waals surface area contributed by atoms with Crippen molar-refractivity contribution < 1.29 is 9.53 Å². The van der Waals surface area contributed by atoms with Gasteiger partial charge in [0.2, 0.25) is 0 Å². The van der Waals surface area contributed by atoms with Crippen molar-refractivity contribution in [3.8, 4) is 5.75 Å². The average Bonchev–Trinajstić information content (AvgIpc) is 2.71. The van der Waals surface area contributed by atoms with Gasteiger partial charge in [-0.05, 0) is 24.3 Å². The number of carbonyl (C=O) groups excluding carboxylic acids is 1. The van der Waals surface area contributed by atoms with Crippen LogP contribution in [0.2, 0.25) is 0 Å². The summed E-state index contributed by atoms with van der Waals surface area (Å²) in [5.41, 5.74) is 3.42. The Hall–Kier alpha value is -1.55. The molecule has 1 aliphatic rings. The second-order valence-electron chi connectivity index (χ2n) is 3.23. The second kappa shape index (κ2) is 4.53. The summed E-state index contributed by atoms with van der Waals surface area (Å²) in [6.45, 7) is 0. The highest BCUT2D eigenvalue weighted by molar-refractivity contribution is 8.13. The molecule has 0 fully saturated rings. The topological polar surface area (TPSA) is 41.6 Å². The van der Waals surface area contributed by atoms with Crippen molar-refractivity contribution in [2.45, 2.75) is 4.90 Å². The zero-order valence-electron chi connectivity index (χ0n) is 9.06. The van der Waals surface area contributed by atoms with Crippen molar-refractivity contribution >= 4 is 22.0 Å².